The number of halogens is 1. The highest BCUT2D eigenvalue weighted by Crippen LogP contribution is 2.35. The van der Waals surface area contributed by atoms with Gasteiger partial charge in [-0.2, -0.15) is 0 Å². The molecule has 6 heteroatoms. The van der Waals surface area contributed by atoms with Crippen LogP contribution in [0.15, 0.2) is 46.8 Å². The van der Waals surface area contributed by atoms with Crippen LogP contribution < -0.4 is 11.1 Å². The van der Waals surface area contributed by atoms with Gasteiger partial charge in [0.1, 0.15) is 5.82 Å². The zero-order valence-electron chi connectivity index (χ0n) is 14.2. The van der Waals surface area contributed by atoms with Crippen LogP contribution in [-0.2, 0) is 16.6 Å². The molecule has 3 rings (SSSR count). The molecule has 0 amide bonds. The second kappa shape index (κ2) is 8.45. The number of ether oxygens (including phenoxy) is 1. The number of aliphatic imine (C=N–C) groups is 1. The lowest BCUT2D eigenvalue weighted by atomic mass is 9.74. The van der Waals surface area contributed by atoms with Gasteiger partial charge in [0.25, 0.3) is 0 Å². The molecule has 1 fully saturated rings. The Morgan fingerprint density at radius 1 is 1.28 bits per heavy atom. The molecular formula is C19H24FN3OS. The topological polar surface area (TPSA) is 59.6 Å². The van der Waals surface area contributed by atoms with Crippen molar-refractivity contribution < 1.29 is 9.13 Å². The minimum atomic E-state index is -0.214. The second-order valence-electron chi connectivity index (χ2n) is 6.36. The summed E-state index contributed by atoms with van der Waals surface area (Å²) in [4.78, 5) is 5.87. The summed E-state index contributed by atoms with van der Waals surface area (Å²) in [5, 5.41) is 5.24. The second-order valence-corrected chi connectivity index (χ2v) is 7.39. The average Bonchev–Trinajstić information content (AvgIpc) is 3.14. The Morgan fingerprint density at radius 2 is 2.12 bits per heavy atom. The number of nitrogens with two attached hydrogens (primary N) is 1. The van der Waals surface area contributed by atoms with Gasteiger partial charge in [-0.05, 0) is 48.4 Å². The molecule has 1 aromatic carbocycles. The van der Waals surface area contributed by atoms with Crippen LogP contribution in [0.3, 0.4) is 0 Å². The van der Waals surface area contributed by atoms with E-state index >= 15 is 0 Å². The molecule has 2 heterocycles. The number of nitrogens with one attached hydrogen (secondary N) is 1. The van der Waals surface area contributed by atoms with Crippen LogP contribution in [0.2, 0.25) is 0 Å². The lowest BCUT2D eigenvalue weighted by molar-refractivity contribution is 0.0530. The van der Waals surface area contributed by atoms with Crippen molar-refractivity contribution in [3.05, 3.63) is 58.0 Å². The molecule has 1 aliphatic heterocycles. The Morgan fingerprint density at radius 3 is 2.84 bits per heavy atom. The van der Waals surface area contributed by atoms with Crippen LogP contribution in [0.4, 0.5) is 4.39 Å². The number of benzene rings is 1. The van der Waals surface area contributed by atoms with Crippen molar-refractivity contribution in [1.82, 2.24) is 5.32 Å². The Kier molecular flexibility index (Phi) is 6.04. The molecular weight excluding hydrogens is 337 g/mol. The predicted octanol–water partition coefficient (Wildman–Crippen LogP) is 3.08. The number of thiophene rings is 1. The molecule has 2 aromatic rings. The maximum Gasteiger partial charge on any atom is 0.188 e. The molecule has 1 saturated heterocycles. The van der Waals surface area contributed by atoms with Gasteiger partial charge in [-0.25, -0.2) is 4.39 Å². The van der Waals surface area contributed by atoms with Gasteiger partial charge in [-0.1, -0.05) is 18.2 Å². The van der Waals surface area contributed by atoms with E-state index in [0.717, 1.165) is 31.4 Å². The minimum Gasteiger partial charge on any atom is -0.381 e. The van der Waals surface area contributed by atoms with Gasteiger partial charge in [0.2, 0.25) is 0 Å². The highest BCUT2D eigenvalue weighted by molar-refractivity contribution is 7.09. The normalized spacial score (nSPS) is 17.4. The third kappa shape index (κ3) is 4.80. The molecule has 0 unspecified atom stereocenters. The van der Waals surface area contributed by atoms with E-state index in [4.69, 9.17) is 10.5 Å². The number of nitrogens with zero attached hydrogens (tertiary/aromatic N) is 1. The van der Waals surface area contributed by atoms with Gasteiger partial charge in [0, 0.05) is 30.1 Å². The molecule has 0 bridgehead atoms. The number of hydrogen-bond donors (Lipinski definition) is 2. The zero-order valence-corrected chi connectivity index (χ0v) is 15.0. The molecule has 3 N–H and O–H groups in total. The summed E-state index contributed by atoms with van der Waals surface area (Å²) in [6.07, 6.45) is 2.57. The summed E-state index contributed by atoms with van der Waals surface area (Å²) in [6.45, 7) is 2.62. The molecule has 4 nitrogen and oxygen atoms in total. The number of rotatable bonds is 6. The van der Waals surface area contributed by atoms with Gasteiger partial charge in [0.15, 0.2) is 5.96 Å². The van der Waals surface area contributed by atoms with Gasteiger partial charge < -0.3 is 15.8 Å². The molecule has 1 aliphatic rings. The fourth-order valence-electron chi connectivity index (χ4n) is 3.18. The fourth-order valence-corrected chi connectivity index (χ4v) is 3.89. The van der Waals surface area contributed by atoms with Crippen molar-refractivity contribution in [1.29, 1.82) is 0 Å². The minimum absolute atomic E-state index is 0.208. The lowest BCUT2D eigenvalue weighted by Crippen LogP contribution is -2.39. The first-order valence-corrected chi connectivity index (χ1v) is 9.46. The fraction of sp³-hybridized carbons (Fsp3) is 0.421. The van der Waals surface area contributed by atoms with Crippen LogP contribution in [0, 0.1) is 5.82 Å². The van der Waals surface area contributed by atoms with Gasteiger partial charge in [-0.15, -0.1) is 11.3 Å². The molecule has 0 radical (unpaired) electrons. The van der Waals surface area contributed by atoms with E-state index in [-0.39, 0.29) is 11.2 Å². The molecule has 0 spiro atoms. The summed E-state index contributed by atoms with van der Waals surface area (Å²) >= 11 is 1.74. The van der Waals surface area contributed by atoms with E-state index in [9.17, 15) is 4.39 Å². The zero-order chi connectivity index (χ0) is 17.5. The summed E-state index contributed by atoms with van der Waals surface area (Å²) < 4.78 is 19.2. The smallest absolute Gasteiger partial charge is 0.188 e. The van der Waals surface area contributed by atoms with Crippen molar-refractivity contribution in [3.63, 3.8) is 0 Å². The largest absolute Gasteiger partial charge is 0.381 e. The third-order valence-electron chi connectivity index (χ3n) is 4.70. The first-order chi connectivity index (χ1) is 12.2. The van der Waals surface area contributed by atoms with E-state index in [1.807, 2.05) is 12.1 Å². The highest BCUT2D eigenvalue weighted by atomic mass is 32.1. The first kappa shape index (κ1) is 17.9. The summed E-state index contributed by atoms with van der Waals surface area (Å²) in [5.74, 6) is 0.230. The van der Waals surface area contributed by atoms with Crippen LogP contribution in [-0.4, -0.2) is 32.3 Å². The number of hydrogen-bond acceptors (Lipinski definition) is 3. The Hall–Kier alpha value is -1.92. The quantitative estimate of drug-likeness (QED) is 0.614. The summed E-state index contributed by atoms with van der Waals surface area (Å²) in [5.41, 5.74) is 6.80. The van der Waals surface area contributed by atoms with Crippen molar-refractivity contribution in [2.75, 3.05) is 26.3 Å². The Bertz CT molecular complexity index is 696. The van der Waals surface area contributed by atoms with E-state index < -0.39 is 0 Å². The van der Waals surface area contributed by atoms with E-state index in [1.54, 1.807) is 23.5 Å². The average molecular weight is 361 g/mol. The van der Waals surface area contributed by atoms with Crippen LogP contribution in [0.5, 0.6) is 0 Å². The third-order valence-corrected chi connectivity index (χ3v) is 5.63. The standard InChI is InChI=1S/C19H24FN3OS/c20-16-4-1-3-15(13-16)19(7-10-24-11-8-19)14-23-18(21)22-9-6-17-5-2-12-25-17/h1-5,12-13H,6-11,14H2,(H3,21,22,23). The highest BCUT2D eigenvalue weighted by Gasteiger charge is 2.34. The molecule has 0 aliphatic carbocycles. The molecule has 134 valence electrons. The van der Waals surface area contributed by atoms with Gasteiger partial charge >= 0.3 is 0 Å². The van der Waals surface area contributed by atoms with Crippen molar-refractivity contribution in [3.8, 4) is 0 Å². The van der Waals surface area contributed by atoms with Crippen molar-refractivity contribution >= 4 is 17.3 Å². The SMILES string of the molecule is NC(=NCC1(c2cccc(F)c2)CCOCC1)NCCc1cccs1. The van der Waals surface area contributed by atoms with Gasteiger partial charge in [0.05, 0.1) is 6.54 Å². The predicted molar refractivity (Wildman–Crippen MR) is 101 cm³/mol. The van der Waals surface area contributed by atoms with Crippen molar-refractivity contribution in [2.45, 2.75) is 24.7 Å². The lowest BCUT2D eigenvalue weighted by Gasteiger charge is -2.36. The van der Waals surface area contributed by atoms with E-state index in [1.165, 1.54) is 10.9 Å². The summed E-state index contributed by atoms with van der Waals surface area (Å²) in [6, 6.07) is 11.0. The maximum absolute atomic E-state index is 13.7. The maximum atomic E-state index is 13.7. The van der Waals surface area contributed by atoms with Crippen molar-refractivity contribution in [2.24, 2.45) is 10.7 Å². The molecule has 1 aromatic heterocycles. The van der Waals surface area contributed by atoms with Crippen LogP contribution in [0.25, 0.3) is 0 Å². The Balaban J connectivity index is 1.63. The van der Waals surface area contributed by atoms with Crippen LogP contribution in [0.1, 0.15) is 23.3 Å². The van der Waals surface area contributed by atoms with Gasteiger partial charge in [-0.3, -0.25) is 4.99 Å². The molecule has 25 heavy (non-hydrogen) atoms. The molecule has 0 saturated carbocycles. The van der Waals surface area contributed by atoms with Crippen LogP contribution >= 0.6 is 11.3 Å². The summed E-state index contributed by atoms with van der Waals surface area (Å²) in [7, 11) is 0. The van der Waals surface area contributed by atoms with E-state index in [2.05, 4.69) is 21.8 Å². The number of guanidine groups is 1. The first-order valence-electron chi connectivity index (χ1n) is 8.58. The van der Waals surface area contributed by atoms with E-state index in [0.29, 0.717) is 25.7 Å². The Labute approximate surface area is 151 Å². The molecule has 0 atom stereocenters. The monoisotopic (exact) mass is 361 g/mol.